The van der Waals surface area contributed by atoms with Crippen LogP contribution in [0.3, 0.4) is 0 Å². The molecule has 1 fully saturated rings. The average molecular weight is 208 g/mol. The molecule has 1 atom stereocenters. The molecule has 0 bridgehead atoms. The average Bonchev–Trinajstić information content (AvgIpc) is 2.63. The highest BCUT2D eigenvalue weighted by molar-refractivity contribution is 5.77. The van der Waals surface area contributed by atoms with Crippen molar-refractivity contribution in [3.8, 4) is 0 Å². The van der Waals surface area contributed by atoms with Gasteiger partial charge < -0.3 is 10.0 Å². The molecule has 0 spiro atoms. The topological polar surface area (TPSA) is 35.8 Å². The second-order valence-electron chi connectivity index (χ2n) is 4.13. The van der Waals surface area contributed by atoms with Crippen molar-refractivity contribution in [1.82, 2.24) is 4.90 Å². The number of aliphatic hydroxyl groups is 1. The van der Waals surface area contributed by atoms with Crippen molar-refractivity contribution >= 4 is 6.21 Å². The molecule has 3 heteroatoms. The van der Waals surface area contributed by atoms with Crippen LogP contribution in [0.15, 0.2) is 29.5 Å². The molecule has 0 saturated carbocycles. The van der Waals surface area contributed by atoms with Gasteiger partial charge in [0.05, 0.1) is 0 Å². The Hall–Kier alpha value is -1.09. The summed E-state index contributed by atoms with van der Waals surface area (Å²) in [6.07, 6.45) is 3.75. The number of hydrogen-bond acceptors (Lipinski definition) is 3. The first-order chi connectivity index (χ1) is 7.13. The van der Waals surface area contributed by atoms with E-state index in [1.54, 1.807) is 6.21 Å². The molecule has 1 unspecified atom stereocenters. The van der Waals surface area contributed by atoms with Crippen LogP contribution in [0.25, 0.3) is 0 Å². The molecule has 0 aromatic rings. The zero-order valence-corrected chi connectivity index (χ0v) is 9.45. The van der Waals surface area contributed by atoms with Crippen LogP contribution in [0.5, 0.6) is 0 Å². The van der Waals surface area contributed by atoms with Crippen molar-refractivity contribution in [2.45, 2.75) is 19.8 Å². The van der Waals surface area contributed by atoms with E-state index in [0.29, 0.717) is 5.92 Å². The van der Waals surface area contributed by atoms with Gasteiger partial charge in [0.25, 0.3) is 0 Å². The maximum atomic E-state index is 8.85. The Bertz CT molecular complexity index is 271. The number of aliphatic imine (C=N–C) groups is 1. The molecule has 1 rings (SSSR count). The molecule has 1 aliphatic rings. The van der Waals surface area contributed by atoms with Crippen molar-refractivity contribution in [2.75, 3.05) is 19.7 Å². The Balaban J connectivity index is 2.39. The molecule has 0 amide bonds. The largest absolute Gasteiger partial charge is 0.396 e. The van der Waals surface area contributed by atoms with Crippen LogP contribution in [0, 0.1) is 5.92 Å². The molecular weight excluding hydrogens is 188 g/mol. The summed E-state index contributed by atoms with van der Waals surface area (Å²) in [7, 11) is 0. The summed E-state index contributed by atoms with van der Waals surface area (Å²) in [5.74, 6) is 1.39. The highest BCUT2D eigenvalue weighted by Crippen LogP contribution is 2.22. The van der Waals surface area contributed by atoms with Crippen LogP contribution in [-0.2, 0) is 0 Å². The maximum absolute atomic E-state index is 8.85. The van der Waals surface area contributed by atoms with Crippen molar-refractivity contribution in [3.63, 3.8) is 0 Å². The van der Waals surface area contributed by atoms with Crippen LogP contribution < -0.4 is 0 Å². The molecule has 1 saturated heterocycles. The lowest BCUT2D eigenvalue weighted by atomic mass is 10.1. The van der Waals surface area contributed by atoms with Crippen LogP contribution >= 0.6 is 0 Å². The molecule has 15 heavy (non-hydrogen) atoms. The summed E-state index contributed by atoms with van der Waals surface area (Å²) >= 11 is 0. The van der Waals surface area contributed by atoms with E-state index >= 15 is 0 Å². The lowest BCUT2D eigenvalue weighted by molar-refractivity contribution is 0.257. The van der Waals surface area contributed by atoms with E-state index in [1.165, 1.54) is 0 Å². The number of nitrogens with zero attached hydrogens (tertiary/aromatic N) is 2. The Morgan fingerprint density at radius 3 is 2.93 bits per heavy atom. The molecule has 84 valence electrons. The summed E-state index contributed by atoms with van der Waals surface area (Å²) in [4.78, 5) is 6.41. The van der Waals surface area contributed by atoms with E-state index in [1.807, 2.05) is 6.92 Å². The van der Waals surface area contributed by atoms with Gasteiger partial charge in [0.2, 0.25) is 0 Å². The van der Waals surface area contributed by atoms with Gasteiger partial charge in [0.1, 0.15) is 5.82 Å². The van der Waals surface area contributed by atoms with Gasteiger partial charge in [-0.1, -0.05) is 13.2 Å². The molecular formula is C12H20N2O. The van der Waals surface area contributed by atoms with Gasteiger partial charge in [-0.2, -0.15) is 0 Å². The number of likely N-dealkylation sites (tertiary alicyclic amines) is 1. The smallest absolute Gasteiger partial charge is 0.121 e. The van der Waals surface area contributed by atoms with Crippen molar-refractivity contribution < 1.29 is 5.11 Å². The predicted octanol–water partition coefficient (Wildman–Crippen LogP) is 1.81. The quantitative estimate of drug-likeness (QED) is 0.699. The van der Waals surface area contributed by atoms with Crippen molar-refractivity contribution in [1.29, 1.82) is 0 Å². The Morgan fingerprint density at radius 1 is 1.60 bits per heavy atom. The molecule has 1 aliphatic heterocycles. The first kappa shape index (κ1) is 12.0. The van der Waals surface area contributed by atoms with E-state index in [4.69, 9.17) is 5.11 Å². The van der Waals surface area contributed by atoms with E-state index in [-0.39, 0.29) is 6.61 Å². The molecule has 3 nitrogen and oxygen atoms in total. The number of rotatable bonds is 5. The predicted molar refractivity (Wildman–Crippen MR) is 63.8 cm³/mol. The zero-order chi connectivity index (χ0) is 11.3. The highest BCUT2D eigenvalue weighted by Gasteiger charge is 2.22. The Labute approximate surface area is 91.8 Å². The van der Waals surface area contributed by atoms with Crippen molar-refractivity contribution in [3.05, 3.63) is 24.6 Å². The van der Waals surface area contributed by atoms with Gasteiger partial charge in [0.15, 0.2) is 0 Å². The van der Waals surface area contributed by atoms with Gasteiger partial charge in [0, 0.05) is 25.9 Å². The molecule has 0 aromatic heterocycles. The molecule has 0 aromatic carbocycles. The fraction of sp³-hybridized carbons (Fsp3) is 0.583. The van der Waals surface area contributed by atoms with E-state index < -0.39 is 0 Å². The lowest BCUT2D eigenvalue weighted by Crippen LogP contribution is -2.18. The standard InChI is InChI=1S/C12H20N2O/c1-10(2)8-13-11(3)14-6-4-12(9-14)5-7-15/h8,12,15H,1,3-7,9H2,2H3/b13-8-. The van der Waals surface area contributed by atoms with Crippen LogP contribution in [0.1, 0.15) is 19.8 Å². The second-order valence-corrected chi connectivity index (χ2v) is 4.13. The maximum Gasteiger partial charge on any atom is 0.121 e. The molecule has 0 aliphatic carbocycles. The summed E-state index contributed by atoms with van der Waals surface area (Å²) in [5.41, 5.74) is 0.933. The third-order valence-electron chi connectivity index (χ3n) is 2.62. The molecule has 1 heterocycles. The van der Waals surface area contributed by atoms with Gasteiger partial charge in [-0.3, -0.25) is 0 Å². The van der Waals surface area contributed by atoms with Gasteiger partial charge >= 0.3 is 0 Å². The SMILES string of the molecule is C=C(C)/C=N\C(=C)N1CCC(CCO)C1. The summed E-state index contributed by atoms with van der Waals surface area (Å²) in [5, 5.41) is 8.85. The third-order valence-corrected chi connectivity index (χ3v) is 2.62. The fourth-order valence-corrected chi connectivity index (χ4v) is 1.75. The first-order valence-electron chi connectivity index (χ1n) is 5.37. The van der Waals surface area contributed by atoms with Crippen LogP contribution in [0.2, 0.25) is 0 Å². The van der Waals surface area contributed by atoms with Crippen LogP contribution in [-0.4, -0.2) is 35.9 Å². The van der Waals surface area contributed by atoms with Gasteiger partial charge in [-0.15, -0.1) is 0 Å². The Morgan fingerprint density at radius 2 is 2.33 bits per heavy atom. The summed E-state index contributed by atoms with van der Waals surface area (Å²) < 4.78 is 0. The minimum absolute atomic E-state index is 0.278. The van der Waals surface area contributed by atoms with Crippen LogP contribution in [0.4, 0.5) is 0 Å². The van der Waals surface area contributed by atoms with Gasteiger partial charge in [-0.25, -0.2) is 4.99 Å². The normalized spacial score (nSPS) is 21.2. The first-order valence-corrected chi connectivity index (χ1v) is 5.37. The molecule has 0 radical (unpaired) electrons. The highest BCUT2D eigenvalue weighted by atomic mass is 16.3. The van der Waals surface area contributed by atoms with Crippen molar-refractivity contribution in [2.24, 2.45) is 10.9 Å². The van der Waals surface area contributed by atoms with E-state index in [2.05, 4.69) is 23.1 Å². The van der Waals surface area contributed by atoms with E-state index in [9.17, 15) is 0 Å². The Kier molecular flexibility index (Phi) is 4.56. The second kappa shape index (κ2) is 5.71. The summed E-state index contributed by atoms with van der Waals surface area (Å²) in [6, 6.07) is 0. The minimum atomic E-state index is 0.278. The van der Waals surface area contributed by atoms with E-state index in [0.717, 1.165) is 37.3 Å². The summed E-state index contributed by atoms with van der Waals surface area (Å²) in [6.45, 7) is 11.8. The number of hydrogen-bond donors (Lipinski definition) is 1. The lowest BCUT2D eigenvalue weighted by Gasteiger charge is -2.17. The minimum Gasteiger partial charge on any atom is -0.396 e. The zero-order valence-electron chi connectivity index (χ0n) is 9.45. The molecule has 1 N–H and O–H groups in total. The monoisotopic (exact) mass is 208 g/mol. The number of allylic oxidation sites excluding steroid dienone is 1. The fourth-order valence-electron chi connectivity index (χ4n) is 1.75. The third kappa shape index (κ3) is 3.88. The number of aliphatic hydroxyl groups excluding tert-OH is 1. The van der Waals surface area contributed by atoms with Gasteiger partial charge in [-0.05, 0) is 31.3 Å².